The van der Waals surface area contributed by atoms with Crippen LogP contribution in [0, 0.1) is 6.92 Å². The van der Waals surface area contributed by atoms with E-state index in [1.807, 2.05) is 19.1 Å². The number of nitrogens with zero attached hydrogens (tertiary/aromatic N) is 2. The normalized spacial score (nSPS) is 10.2. The van der Waals surface area contributed by atoms with Gasteiger partial charge in [-0.2, -0.15) is 0 Å². The second kappa shape index (κ2) is 6.34. The number of anilines is 1. The van der Waals surface area contributed by atoms with Gasteiger partial charge in [0.1, 0.15) is 11.5 Å². The third-order valence-electron chi connectivity index (χ3n) is 2.85. The van der Waals surface area contributed by atoms with Gasteiger partial charge < -0.3 is 10.6 Å². The van der Waals surface area contributed by atoms with Crippen LogP contribution in [0.1, 0.15) is 21.7 Å². The molecule has 0 spiro atoms. The number of aryl methyl sites for hydroxylation is 1. The monoisotopic (exact) mass is 290 g/mol. The maximum Gasteiger partial charge on any atom is 0.271 e. The zero-order valence-corrected chi connectivity index (χ0v) is 12.0. The second-order valence-corrected chi connectivity index (χ2v) is 4.63. The number of pyridine rings is 2. The van der Waals surface area contributed by atoms with E-state index in [0.29, 0.717) is 17.4 Å². The van der Waals surface area contributed by atoms with E-state index in [0.717, 1.165) is 11.3 Å². The third kappa shape index (κ3) is 3.24. The fourth-order valence-electron chi connectivity index (χ4n) is 1.69. The molecule has 2 aromatic rings. The number of hydrogen-bond acceptors (Lipinski definition) is 4. The summed E-state index contributed by atoms with van der Waals surface area (Å²) in [5.74, 6) is 0.269. The highest BCUT2D eigenvalue weighted by Crippen LogP contribution is 2.16. The van der Waals surface area contributed by atoms with E-state index in [-0.39, 0.29) is 11.6 Å². The molecule has 0 aliphatic heterocycles. The Balaban J connectivity index is 2.11. The molecular formula is C14H15ClN4O. The first-order chi connectivity index (χ1) is 9.61. The Morgan fingerprint density at radius 2 is 2.15 bits per heavy atom. The molecule has 20 heavy (non-hydrogen) atoms. The summed E-state index contributed by atoms with van der Waals surface area (Å²) in [7, 11) is 1.73. The summed E-state index contributed by atoms with van der Waals surface area (Å²) in [5.41, 5.74) is 2.05. The van der Waals surface area contributed by atoms with Gasteiger partial charge in [0.15, 0.2) is 0 Å². The molecule has 0 unspecified atom stereocenters. The molecule has 0 aliphatic carbocycles. The predicted molar refractivity (Wildman–Crippen MR) is 78.9 cm³/mol. The first kappa shape index (κ1) is 14.3. The molecule has 2 heterocycles. The van der Waals surface area contributed by atoms with Crippen LogP contribution in [0.5, 0.6) is 0 Å². The highest BCUT2D eigenvalue weighted by Gasteiger charge is 2.13. The average molecular weight is 291 g/mol. The quantitative estimate of drug-likeness (QED) is 0.907. The van der Waals surface area contributed by atoms with Gasteiger partial charge in [0.25, 0.3) is 5.91 Å². The molecule has 0 aromatic carbocycles. The van der Waals surface area contributed by atoms with E-state index < -0.39 is 0 Å². The zero-order chi connectivity index (χ0) is 14.5. The number of carbonyl (C=O) groups is 1. The van der Waals surface area contributed by atoms with E-state index in [1.165, 1.54) is 0 Å². The first-order valence-electron chi connectivity index (χ1n) is 6.15. The lowest BCUT2D eigenvalue weighted by Gasteiger charge is -2.08. The Morgan fingerprint density at radius 1 is 1.35 bits per heavy atom. The standard InChI is InChI=1S/C14H15ClN4O/c1-9-4-3-7-17-11(9)8-18-14(20)13-10(15)5-6-12(16-2)19-13/h3-7H,8H2,1-2H3,(H,16,19)(H,18,20). The molecule has 0 aliphatic rings. The Bertz CT molecular complexity index is 630. The van der Waals surface area contributed by atoms with Crippen molar-refractivity contribution in [2.45, 2.75) is 13.5 Å². The third-order valence-corrected chi connectivity index (χ3v) is 3.16. The van der Waals surface area contributed by atoms with Crippen LogP contribution >= 0.6 is 11.6 Å². The fraction of sp³-hybridized carbons (Fsp3) is 0.214. The summed E-state index contributed by atoms with van der Waals surface area (Å²) in [6, 6.07) is 7.15. The molecule has 0 bridgehead atoms. The highest BCUT2D eigenvalue weighted by atomic mass is 35.5. The van der Waals surface area contributed by atoms with Crippen molar-refractivity contribution < 1.29 is 4.79 Å². The first-order valence-corrected chi connectivity index (χ1v) is 6.52. The van der Waals surface area contributed by atoms with Crippen LogP contribution in [0.4, 0.5) is 5.82 Å². The Morgan fingerprint density at radius 3 is 2.85 bits per heavy atom. The number of rotatable bonds is 4. The molecule has 0 fully saturated rings. The summed E-state index contributed by atoms with van der Waals surface area (Å²) in [6.45, 7) is 2.29. The van der Waals surface area contributed by atoms with Gasteiger partial charge >= 0.3 is 0 Å². The van der Waals surface area contributed by atoms with Crippen molar-refractivity contribution in [2.75, 3.05) is 12.4 Å². The van der Waals surface area contributed by atoms with Gasteiger partial charge in [0.05, 0.1) is 17.3 Å². The summed E-state index contributed by atoms with van der Waals surface area (Å²) in [4.78, 5) is 20.5. The van der Waals surface area contributed by atoms with Gasteiger partial charge in [-0.25, -0.2) is 4.98 Å². The fourth-order valence-corrected chi connectivity index (χ4v) is 1.88. The topological polar surface area (TPSA) is 66.9 Å². The summed E-state index contributed by atoms with van der Waals surface area (Å²) in [5, 5.41) is 5.96. The number of amides is 1. The average Bonchev–Trinajstić information content (AvgIpc) is 2.46. The van der Waals surface area contributed by atoms with Crippen molar-refractivity contribution in [3.63, 3.8) is 0 Å². The molecule has 0 radical (unpaired) electrons. The molecule has 1 amide bonds. The summed E-state index contributed by atoms with van der Waals surface area (Å²) in [6.07, 6.45) is 1.70. The molecule has 2 rings (SSSR count). The van der Waals surface area contributed by atoms with E-state index in [4.69, 9.17) is 11.6 Å². The Hall–Kier alpha value is -2.14. The van der Waals surface area contributed by atoms with Crippen molar-refractivity contribution >= 4 is 23.3 Å². The number of carbonyl (C=O) groups excluding carboxylic acids is 1. The number of nitrogens with one attached hydrogen (secondary N) is 2. The number of aromatic nitrogens is 2. The number of halogens is 1. The summed E-state index contributed by atoms with van der Waals surface area (Å²) < 4.78 is 0. The highest BCUT2D eigenvalue weighted by molar-refractivity contribution is 6.33. The van der Waals surface area contributed by atoms with E-state index in [1.54, 1.807) is 25.4 Å². The Labute approximate surface area is 122 Å². The zero-order valence-electron chi connectivity index (χ0n) is 11.3. The van der Waals surface area contributed by atoms with Gasteiger partial charge in [-0.15, -0.1) is 0 Å². The SMILES string of the molecule is CNc1ccc(Cl)c(C(=O)NCc2ncccc2C)n1. The second-order valence-electron chi connectivity index (χ2n) is 4.23. The van der Waals surface area contributed by atoms with Crippen molar-refractivity contribution in [2.24, 2.45) is 0 Å². The van der Waals surface area contributed by atoms with Crippen LogP contribution in [0.3, 0.4) is 0 Å². The lowest BCUT2D eigenvalue weighted by molar-refractivity contribution is 0.0945. The molecule has 5 nitrogen and oxygen atoms in total. The molecule has 2 N–H and O–H groups in total. The largest absolute Gasteiger partial charge is 0.373 e. The minimum atomic E-state index is -0.322. The van der Waals surface area contributed by atoms with E-state index >= 15 is 0 Å². The van der Waals surface area contributed by atoms with Crippen LogP contribution in [-0.4, -0.2) is 22.9 Å². The van der Waals surface area contributed by atoms with Crippen LogP contribution < -0.4 is 10.6 Å². The minimum absolute atomic E-state index is 0.201. The Kier molecular flexibility index (Phi) is 4.53. The predicted octanol–water partition coefficient (Wildman–Crippen LogP) is 2.41. The maximum absolute atomic E-state index is 12.1. The molecule has 0 saturated carbocycles. The molecule has 2 aromatic heterocycles. The summed E-state index contributed by atoms with van der Waals surface area (Å²) >= 11 is 5.99. The van der Waals surface area contributed by atoms with Gasteiger partial charge in [-0.05, 0) is 30.7 Å². The van der Waals surface area contributed by atoms with Crippen LogP contribution in [0.15, 0.2) is 30.5 Å². The van der Waals surface area contributed by atoms with Gasteiger partial charge in [-0.1, -0.05) is 17.7 Å². The van der Waals surface area contributed by atoms with E-state index in [9.17, 15) is 4.79 Å². The van der Waals surface area contributed by atoms with Crippen LogP contribution in [-0.2, 0) is 6.54 Å². The van der Waals surface area contributed by atoms with Crippen molar-refractivity contribution in [3.05, 3.63) is 52.4 Å². The van der Waals surface area contributed by atoms with Crippen molar-refractivity contribution in [3.8, 4) is 0 Å². The number of hydrogen-bond donors (Lipinski definition) is 2. The van der Waals surface area contributed by atoms with Crippen molar-refractivity contribution in [1.82, 2.24) is 15.3 Å². The molecule has 104 valence electrons. The smallest absolute Gasteiger partial charge is 0.271 e. The molecular weight excluding hydrogens is 276 g/mol. The lowest BCUT2D eigenvalue weighted by Crippen LogP contribution is -2.25. The van der Waals surface area contributed by atoms with Gasteiger partial charge in [0.2, 0.25) is 0 Å². The lowest BCUT2D eigenvalue weighted by atomic mass is 10.2. The van der Waals surface area contributed by atoms with Gasteiger partial charge in [0, 0.05) is 13.2 Å². The maximum atomic E-state index is 12.1. The minimum Gasteiger partial charge on any atom is -0.373 e. The van der Waals surface area contributed by atoms with E-state index in [2.05, 4.69) is 20.6 Å². The van der Waals surface area contributed by atoms with Crippen LogP contribution in [0.25, 0.3) is 0 Å². The van der Waals surface area contributed by atoms with Gasteiger partial charge in [-0.3, -0.25) is 9.78 Å². The molecule has 0 saturated heterocycles. The van der Waals surface area contributed by atoms with Crippen LogP contribution in [0.2, 0.25) is 5.02 Å². The van der Waals surface area contributed by atoms with Crippen molar-refractivity contribution in [1.29, 1.82) is 0 Å². The molecule has 0 atom stereocenters. The molecule has 6 heteroatoms.